The number of carbonyl (C=O) groups excluding carboxylic acids is 1. The van der Waals surface area contributed by atoms with Gasteiger partial charge in [-0.05, 0) is 19.2 Å². The van der Waals surface area contributed by atoms with E-state index in [1.54, 1.807) is 32.2 Å². The number of hydrogen-bond donors (Lipinski definition) is 2. The Balaban J connectivity index is 2.95. The summed E-state index contributed by atoms with van der Waals surface area (Å²) in [6.45, 7) is 2.31. The van der Waals surface area contributed by atoms with Crippen molar-refractivity contribution in [1.29, 1.82) is 0 Å². The van der Waals surface area contributed by atoms with Crippen molar-refractivity contribution in [2.24, 2.45) is 5.92 Å². The second kappa shape index (κ2) is 5.97. The van der Waals surface area contributed by atoms with E-state index >= 15 is 0 Å². The minimum absolute atomic E-state index is 0.134. The van der Waals surface area contributed by atoms with Crippen LogP contribution in [0.15, 0.2) is 29.2 Å². The van der Waals surface area contributed by atoms with E-state index in [1.165, 1.54) is 6.07 Å². The van der Waals surface area contributed by atoms with Crippen molar-refractivity contribution in [3.05, 3.63) is 24.3 Å². The van der Waals surface area contributed by atoms with E-state index < -0.39 is 9.84 Å². The summed E-state index contributed by atoms with van der Waals surface area (Å²) >= 11 is 0. The van der Waals surface area contributed by atoms with Crippen LogP contribution in [-0.2, 0) is 14.6 Å². The van der Waals surface area contributed by atoms with E-state index in [4.69, 9.17) is 0 Å². The predicted octanol–water partition coefficient (Wildman–Crippen LogP) is 0.884. The maximum Gasteiger partial charge on any atom is 0.228 e. The monoisotopic (exact) mass is 270 g/mol. The van der Waals surface area contributed by atoms with Crippen molar-refractivity contribution in [2.45, 2.75) is 11.8 Å². The van der Waals surface area contributed by atoms with Gasteiger partial charge in [-0.15, -0.1) is 0 Å². The molecule has 0 aliphatic carbocycles. The highest BCUT2D eigenvalue weighted by molar-refractivity contribution is 7.90. The highest BCUT2D eigenvalue weighted by atomic mass is 32.2. The third-order valence-electron chi connectivity index (χ3n) is 2.50. The maximum atomic E-state index is 11.8. The van der Waals surface area contributed by atoms with Crippen LogP contribution >= 0.6 is 0 Å². The number of carbonyl (C=O) groups is 1. The second-order valence-corrected chi connectivity index (χ2v) is 6.20. The maximum absolute atomic E-state index is 11.8. The van der Waals surface area contributed by atoms with E-state index in [-0.39, 0.29) is 16.7 Å². The lowest BCUT2D eigenvalue weighted by molar-refractivity contribution is -0.119. The fourth-order valence-corrected chi connectivity index (χ4v) is 2.39. The molecular formula is C12H18N2O3S. The molecule has 0 spiro atoms. The molecule has 0 bridgehead atoms. The molecule has 1 amide bonds. The summed E-state index contributed by atoms with van der Waals surface area (Å²) in [4.78, 5) is 12.0. The predicted molar refractivity (Wildman–Crippen MR) is 71.3 cm³/mol. The van der Waals surface area contributed by atoms with Gasteiger partial charge in [-0.1, -0.05) is 19.1 Å². The fourth-order valence-electron chi connectivity index (χ4n) is 1.55. The Morgan fingerprint density at radius 1 is 1.33 bits per heavy atom. The molecule has 1 atom stereocenters. The van der Waals surface area contributed by atoms with Crippen LogP contribution < -0.4 is 10.6 Å². The molecule has 0 aliphatic rings. The number of sulfone groups is 1. The molecule has 18 heavy (non-hydrogen) atoms. The molecule has 1 unspecified atom stereocenters. The lowest BCUT2D eigenvalue weighted by atomic mass is 10.1. The zero-order valence-corrected chi connectivity index (χ0v) is 11.5. The Morgan fingerprint density at radius 2 is 1.94 bits per heavy atom. The summed E-state index contributed by atoms with van der Waals surface area (Å²) in [5.41, 5.74) is 0.327. The molecule has 0 saturated heterocycles. The minimum atomic E-state index is -3.35. The summed E-state index contributed by atoms with van der Waals surface area (Å²) in [6, 6.07) is 6.38. The first-order valence-electron chi connectivity index (χ1n) is 5.61. The van der Waals surface area contributed by atoms with Gasteiger partial charge in [-0.3, -0.25) is 4.79 Å². The smallest absolute Gasteiger partial charge is 0.228 e. The first-order chi connectivity index (χ1) is 8.36. The second-order valence-electron chi connectivity index (χ2n) is 4.22. The zero-order valence-electron chi connectivity index (χ0n) is 10.7. The molecule has 1 aromatic carbocycles. The van der Waals surface area contributed by atoms with Crippen LogP contribution in [0.1, 0.15) is 6.92 Å². The fraction of sp³-hybridized carbons (Fsp3) is 0.417. The van der Waals surface area contributed by atoms with Crippen LogP contribution in [0.5, 0.6) is 0 Å². The molecule has 1 aromatic rings. The Hall–Kier alpha value is -1.40. The topological polar surface area (TPSA) is 75.3 Å². The van der Waals surface area contributed by atoms with E-state index in [2.05, 4.69) is 10.6 Å². The Morgan fingerprint density at radius 3 is 2.50 bits per heavy atom. The molecular weight excluding hydrogens is 252 g/mol. The number of rotatable bonds is 5. The molecule has 0 radical (unpaired) electrons. The molecule has 0 aromatic heterocycles. The highest BCUT2D eigenvalue weighted by Crippen LogP contribution is 2.21. The van der Waals surface area contributed by atoms with Gasteiger partial charge in [0.1, 0.15) is 0 Å². The molecule has 0 fully saturated rings. The number of benzene rings is 1. The first kappa shape index (κ1) is 14.7. The van der Waals surface area contributed by atoms with Crippen LogP contribution in [0.3, 0.4) is 0 Å². The van der Waals surface area contributed by atoms with Gasteiger partial charge in [-0.25, -0.2) is 8.42 Å². The summed E-state index contributed by atoms with van der Waals surface area (Å²) in [5, 5.41) is 5.54. The Labute approximate surface area is 108 Å². The average Bonchev–Trinajstić information content (AvgIpc) is 2.28. The van der Waals surface area contributed by atoms with Gasteiger partial charge in [0, 0.05) is 18.7 Å². The van der Waals surface area contributed by atoms with Crippen molar-refractivity contribution in [3.63, 3.8) is 0 Å². The summed E-state index contributed by atoms with van der Waals surface area (Å²) in [6.07, 6.45) is 1.12. The summed E-state index contributed by atoms with van der Waals surface area (Å²) in [5.74, 6) is -0.442. The van der Waals surface area contributed by atoms with E-state index in [1.807, 2.05) is 0 Å². The number of para-hydroxylation sites is 1. The van der Waals surface area contributed by atoms with Crippen LogP contribution in [-0.4, -0.2) is 34.2 Å². The van der Waals surface area contributed by atoms with Gasteiger partial charge in [0.25, 0.3) is 0 Å². The van der Waals surface area contributed by atoms with E-state index in [9.17, 15) is 13.2 Å². The van der Waals surface area contributed by atoms with Crippen molar-refractivity contribution < 1.29 is 13.2 Å². The molecule has 0 heterocycles. The first-order valence-corrected chi connectivity index (χ1v) is 7.50. The Kier molecular flexibility index (Phi) is 4.86. The standard InChI is InChI=1S/C12H18N2O3S/c1-9(8-13-2)12(15)14-10-6-4-5-7-11(10)18(3,16)17/h4-7,9,13H,8H2,1-3H3,(H,14,15). The van der Waals surface area contributed by atoms with Crippen LogP contribution in [0.2, 0.25) is 0 Å². The van der Waals surface area contributed by atoms with Gasteiger partial charge in [0.15, 0.2) is 9.84 Å². The minimum Gasteiger partial charge on any atom is -0.325 e. The Bertz CT molecular complexity index is 526. The number of hydrogen-bond acceptors (Lipinski definition) is 4. The molecule has 5 nitrogen and oxygen atoms in total. The SMILES string of the molecule is CNCC(C)C(=O)Nc1ccccc1S(C)(=O)=O. The van der Waals surface area contributed by atoms with Gasteiger partial charge in [0.2, 0.25) is 5.91 Å². The number of nitrogens with one attached hydrogen (secondary N) is 2. The molecule has 6 heteroatoms. The quantitative estimate of drug-likeness (QED) is 0.833. The number of anilines is 1. The molecule has 2 N–H and O–H groups in total. The van der Waals surface area contributed by atoms with Crippen molar-refractivity contribution in [2.75, 3.05) is 25.2 Å². The molecule has 1 rings (SSSR count). The summed E-state index contributed by atoms with van der Waals surface area (Å²) in [7, 11) is -1.59. The van der Waals surface area contributed by atoms with E-state index in [0.29, 0.717) is 12.2 Å². The third-order valence-corrected chi connectivity index (χ3v) is 3.66. The highest BCUT2D eigenvalue weighted by Gasteiger charge is 2.17. The van der Waals surface area contributed by atoms with Crippen molar-refractivity contribution >= 4 is 21.4 Å². The molecule has 100 valence electrons. The van der Waals surface area contributed by atoms with Crippen LogP contribution in [0, 0.1) is 5.92 Å². The largest absolute Gasteiger partial charge is 0.325 e. The lowest BCUT2D eigenvalue weighted by Gasteiger charge is -2.13. The van der Waals surface area contributed by atoms with Crippen LogP contribution in [0.25, 0.3) is 0 Å². The molecule has 0 aliphatic heterocycles. The number of amides is 1. The third kappa shape index (κ3) is 3.82. The average molecular weight is 270 g/mol. The van der Waals surface area contributed by atoms with Gasteiger partial charge in [0.05, 0.1) is 10.6 Å². The summed E-state index contributed by atoms with van der Waals surface area (Å²) < 4.78 is 23.1. The van der Waals surface area contributed by atoms with Crippen molar-refractivity contribution in [1.82, 2.24) is 5.32 Å². The molecule has 0 saturated carbocycles. The van der Waals surface area contributed by atoms with Crippen LogP contribution in [0.4, 0.5) is 5.69 Å². The zero-order chi connectivity index (χ0) is 13.8. The van der Waals surface area contributed by atoms with Gasteiger partial charge < -0.3 is 10.6 Å². The van der Waals surface area contributed by atoms with E-state index in [0.717, 1.165) is 6.26 Å². The van der Waals surface area contributed by atoms with Gasteiger partial charge >= 0.3 is 0 Å². The normalized spacial score (nSPS) is 13.1. The van der Waals surface area contributed by atoms with Gasteiger partial charge in [-0.2, -0.15) is 0 Å². The van der Waals surface area contributed by atoms with Crippen molar-refractivity contribution in [3.8, 4) is 0 Å². The lowest BCUT2D eigenvalue weighted by Crippen LogP contribution is -2.29.